The van der Waals surface area contributed by atoms with Crippen molar-refractivity contribution < 1.29 is 123 Å². The maximum Gasteiger partial charge on any atom is 0.108 e. The minimum absolute atomic E-state index is 0. The summed E-state index contributed by atoms with van der Waals surface area (Å²) in [6.07, 6.45) is 21.2. The van der Waals surface area contributed by atoms with Crippen LogP contribution in [-0.2, 0) is 123 Å². The number of hydrogen-bond acceptors (Lipinski definition) is 1. The molecule has 0 saturated heterocycles. The molecule has 648 valence electrons. The molecule has 0 aliphatic heterocycles. The van der Waals surface area contributed by atoms with Crippen LogP contribution in [0, 0.1) is 6.92 Å². The van der Waals surface area contributed by atoms with Crippen molar-refractivity contribution in [1.29, 1.82) is 0 Å². The van der Waals surface area contributed by atoms with Crippen LogP contribution in [0.4, 0.5) is 5.69 Å². The summed E-state index contributed by atoms with van der Waals surface area (Å²) in [7, 11) is 0.687. The standard InChI is InChI=1S/2C24H20B.C8H9N.C7H8.5C6H15P.6Re.8Se/c2*1-5-13-21(14-6-1)25(22-15-7-2-8-16-22,23-17-9-3-10-18-23)24-19-11-4-12-20-24;1-2-9-8-6-4-3-5-7-8;1-7-5-3-2-4-6-7;5*1-4-7(5-2)6-3;;;;;;;;;;;;;;/h2*1-20H;2-7H,1H3;2-6H,1H3;5*4-6H2,1-3H3;;;;;;;;;;;;;;/q2*-1;;;;;;;;;;;;;;8*-2/p+5. The van der Waals surface area contributed by atoms with Crippen molar-refractivity contribution in [2.24, 2.45) is 4.99 Å². The van der Waals surface area contributed by atoms with Gasteiger partial charge in [0, 0.05) is 129 Å². The van der Waals surface area contributed by atoms with E-state index in [0.717, 1.165) is 5.69 Å². The van der Waals surface area contributed by atoms with Gasteiger partial charge in [-0.15, -0.1) is 0 Å². The molecule has 1 nitrogen and oxygen atoms in total. The molecular weight excluding hydrogens is 3060 g/mol. The van der Waals surface area contributed by atoms with Crippen LogP contribution >= 0.6 is 39.6 Å². The Morgan fingerprint density at radius 3 is 0.400 bits per heavy atom. The number of hydrogen-bond donors (Lipinski definition) is 0. The summed E-state index contributed by atoms with van der Waals surface area (Å²) in [5.41, 5.74) is 13.0. The zero-order valence-electron chi connectivity index (χ0n) is 71.7. The predicted octanol–water partition coefficient (Wildman–Crippen LogP) is 18.8. The quantitative estimate of drug-likeness (QED) is 0.0325. The number of aliphatic imine (C=N–C) groups is 1. The van der Waals surface area contributed by atoms with Gasteiger partial charge in [0.05, 0.1) is 98.1 Å². The SMILES string of the molecule is CC=Nc1ccccc1.CC[PH+](CC)CC.CC[PH+](CC)CC.CC[PH+](CC)CC.CC[PH+](CC)CC.CC[PH+](CC)CC.Cc1ccccc1.[Re].[Re].[Re].[Re].[Re].[Re].[Se-2].[Se-2].[Se-2].[Se-2].[Se-2].[Se-2].[Se-2].[Se-2].c1ccc([B-](c2ccccc2)(c2ccccc2)c2ccccc2)cc1.c1ccc([B-](c2ccccc2)(c2ccccc2)c2ccccc2)cc1. The topological polar surface area (TPSA) is 12.4 Å². The third kappa shape index (κ3) is 57.0. The third-order valence-electron chi connectivity index (χ3n) is 19.9. The molecule has 22 heteroatoms. The van der Waals surface area contributed by atoms with Gasteiger partial charge in [-0.05, 0) is 169 Å². The Balaban J connectivity index is -0.0000000973. The second kappa shape index (κ2) is 96.9. The van der Waals surface area contributed by atoms with Gasteiger partial charge < -0.3 is 137 Å². The summed E-state index contributed by atoms with van der Waals surface area (Å²) in [6.45, 7) is 38.6. The average Bonchev–Trinajstić information content (AvgIpc) is 0.747. The number of rotatable bonds is 24. The molecular formula is C93H137B2NP5Re6Se8-13. The zero-order chi connectivity index (χ0) is 74.0. The van der Waals surface area contributed by atoms with Gasteiger partial charge in [0.2, 0.25) is 0 Å². The fraction of sp³-hybridized carbons (Fsp3) is 0.344. The molecule has 6 radical (unpaired) electrons. The van der Waals surface area contributed by atoms with Crippen LogP contribution in [0.25, 0.3) is 0 Å². The molecule has 0 bridgehead atoms. The van der Waals surface area contributed by atoms with Crippen molar-refractivity contribution >= 4 is 244 Å². The van der Waals surface area contributed by atoms with E-state index in [-0.39, 0.29) is 299 Å². The van der Waals surface area contributed by atoms with Crippen LogP contribution in [0.15, 0.2) is 308 Å². The molecule has 0 heterocycles. The molecule has 10 rings (SSSR count). The van der Waals surface area contributed by atoms with Crippen LogP contribution in [0.1, 0.15) is 116 Å². The Hall–Kier alpha value is 2.28. The van der Waals surface area contributed by atoms with Crippen molar-refractivity contribution in [2.75, 3.05) is 92.4 Å². The van der Waals surface area contributed by atoms with Crippen LogP contribution in [-0.4, -0.2) is 247 Å². The van der Waals surface area contributed by atoms with Gasteiger partial charge >= 0.3 is 0 Å². The van der Waals surface area contributed by atoms with E-state index < -0.39 is 12.3 Å². The van der Waals surface area contributed by atoms with E-state index in [2.05, 4.69) is 371 Å². The fourth-order valence-electron chi connectivity index (χ4n) is 13.2. The van der Waals surface area contributed by atoms with Gasteiger partial charge in [-0.1, -0.05) is 297 Å². The zero-order valence-corrected chi connectivity index (χ0v) is 107. The minimum atomic E-state index is -1.22. The Bertz CT molecular complexity index is 2920. The maximum atomic E-state index is 4.08. The van der Waals surface area contributed by atoms with E-state index in [4.69, 9.17) is 0 Å². The Labute approximate surface area is 878 Å². The smallest absolute Gasteiger partial charge is 0.108 e. The molecule has 0 spiro atoms. The molecule has 0 atom stereocenters. The van der Waals surface area contributed by atoms with E-state index >= 15 is 0 Å². The molecule has 0 aromatic heterocycles. The van der Waals surface area contributed by atoms with Crippen molar-refractivity contribution in [1.82, 2.24) is 0 Å². The molecule has 0 fully saturated rings. The van der Waals surface area contributed by atoms with E-state index in [1.54, 1.807) is 6.21 Å². The molecule has 0 N–H and O–H groups in total. The number of nitrogens with zero attached hydrogens (tertiary/aromatic N) is 1. The summed E-state index contributed by atoms with van der Waals surface area (Å²) in [5, 5.41) is 0. The van der Waals surface area contributed by atoms with Crippen LogP contribution in [0.2, 0.25) is 0 Å². The van der Waals surface area contributed by atoms with Gasteiger partial charge in [-0.25, -0.2) is 0 Å². The fourth-order valence-corrected chi connectivity index (χ4v) is 20.7. The van der Waals surface area contributed by atoms with Gasteiger partial charge in [0.15, 0.2) is 0 Å². The Kier molecular flexibility index (Phi) is 123. The third-order valence-corrected chi connectivity index (χ3v) is 34.9. The van der Waals surface area contributed by atoms with E-state index in [9.17, 15) is 0 Å². The summed E-state index contributed by atoms with van der Waals surface area (Å²) in [5.74, 6) is 0. The first-order valence-corrected chi connectivity index (χ1v) is 49.5. The largest absolute Gasteiger partial charge is 2.00 e. The first-order valence-electron chi connectivity index (χ1n) is 38.9. The van der Waals surface area contributed by atoms with Crippen LogP contribution in [0.3, 0.4) is 0 Å². The van der Waals surface area contributed by atoms with Gasteiger partial charge in [0.25, 0.3) is 0 Å². The van der Waals surface area contributed by atoms with E-state index in [1.165, 1.54) is 142 Å². The second-order valence-electron chi connectivity index (χ2n) is 25.4. The van der Waals surface area contributed by atoms with Crippen molar-refractivity contribution in [3.63, 3.8) is 0 Å². The molecule has 10 aromatic rings. The molecule has 0 aliphatic rings. The molecule has 0 saturated carbocycles. The van der Waals surface area contributed by atoms with Crippen molar-refractivity contribution in [3.05, 3.63) is 309 Å². The monoisotopic (exact) mass is 3210 g/mol. The van der Waals surface area contributed by atoms with Gasteiger partial charge in [0.1, 0.15) is 12.3 Å². The summed E-state index contributed by atoms with van der Waals surface area (Å²) < 4.78 is 0. The molecule has 0 unspecified atom stereocenters. The summed E-state index contributed by atoms with van der Waals surface area (Å²) >= 11 is 0. The molecule has 0 aliphatic carbocycles. The normalized spacial score (nSPS) is 9.34. The van der Waals surface area contributed by atoms with Crippen molar-refractivity contribution in [3.8, 4) is 0 Å². The molecule has 10 aromatic carbocycles. The Morgan fingerprint density at radius 2 is 0.313 bits per heavy atom. The van der Waals surface area contributed by atoms with E-state index in [1.807, 2.05) is 55.5 Å². The number of para-hydroxylation sites is 1. The van der Waals surface area contributed by atoms with Crippen molar-refractivity contribution in [2.45, 2.75) is 118 Å². The predicted molar refractivity (Wildman–Crippen MR) is 537 cm³/mol. The minimum Gasteiger partial charge on any atom is -2.00 e. The summed E-state index contributed by atoms with van der Waals surface area (Å²) in [6, 6.07) is 107. The van der Waals surface area contributed by atoms with Gasteiger partial charge in [-0.3, -0.25) is 4.99 Å². The second-order valence-corrected chi connectivity index (χ2v) is 43.6. The number of aryl methyl sites for hydroxylation is 1. The van der Waals surface area contributed by atoms with Gasteiger partial charge in [-0.2, -0.15) is 43.7 Å². The van der Waals surface area contributed by atoms with Crippen LogP contribution < -0.4 is 43.7 Å². The maximum absolute atomic E-state index is 4.08. The average molecular weight is 3190 g/mol. The first kappa shape index (κ1) is 146. The Morgan fingerprint density at radius 1 is 0.200 bits per heavy atom. The first-order chi connectivity index (χ1) is 49.4. The number of benzene rings is 10. The van der Waals surface area contributed by atoms with E-state index in [0.29, 0.717) is 0 Å². The summed E-state index contributed by atoms with van der Waals surface area (Å²) in [4.78, 5) is 4.08. The molecule has 0 amide bonds. The molecule has 115 heavy (non-hydrogen) atoms. The van der Waals surface area contributed by atoms with Crippen LogP contribution in [0.5, 0.6) is 0 Å².